The number of hydrogen-bond donors (Lipinski definition) is 3. The van der Waals surface area contributed by atoms with Crippen LogP contribution in [0, 0.1) is 23.7 Å². The Morgan fingerprint density at radius 2 is 1.95 bits per heavy atom. The van der Waals surface area contributed by atoms with Crippen molar-refractivity contribution in [1.29, 1.82) is 0 Å². The quantitative estimate of drug-likeness (QED) is 0.644. The first-order valence-electron chi connectivity index (χ1n) is 8.12. The molecule has 3 atom stereocenters. The van der Waals surface area contributed by atoms with E-state index in [0.717, 1.165) is 13.0 Å². The number of carboxylic acids is 1. The van der Waals surface area contributed by atoms with Gasteiger partial charge in [0, 0.05) is 19.5 Å². The number of hydrogen-bond acceptors (Lipinski definition) is 2. The number of aliphatic carboxylic acids is 1. The number of carboxylic acid groups (broad SMARTS) is 1. The topological polar surface area (TPSA) is 78.4 Å². The van der Waals surface area contributed by atoms with Crippen molar-refractivity contribution in [3.05, 3.63) is 0 Å². The van der Waals surface area contributed by atoms with Gasteiger partial charge in [0.05, 0.1) is 0 Å². The van der Waals surface area contributed by atoms with Gasteiger partial charge in [-0.3, -0.25) is 4.79 Å². The van der Waals surface area contributed by atoms with Gasteiger partial charge in [-0.1, -0.05) is 33.6 Å². The molecule has 0 aromatic heterocycles. The van der Waals surface area contributed by atoms with Crippen LogP contribution in [0.2, 0.25) is 0 Å². The maximum atomic E-state index is 11.8. The van der Waals surface area contributed by atoms with Crippen molar-refractivity contribution in [2.45, 2.75) is 52.9 Å². The first-order chi connectivity index (χ1) is 9.88. The van der Waals surface area contributed by atoms with Crippen LogP contribution in [0.4, 0.5) is 4.79 Å². The van der Waals surface area contributed by atoms with Gasteiger partial charge in [0.25, 0.3) is 0 Å². The van der Waals surface area contributed by atoms with Gasteiger partial charge < -0.3 is 15.7 Å². The van der Waals surface area contributed by atoms with Crippen LogP contribution >= 0.6 is 0 Å². The second-order valence-corrected chi connectivity index (χ2v) is 6.85. The molecule has 3 N–H and O–H groups in total. The molecule has 0 bridgehead atoms. The zero-order chi connectivity index (χ0) is 15.8. The summed E-state index contributed by atoms with van der Waals surface area (Å²) in [4.78, 5) is 22.7. The number of rotatable bonds is 8. The molecule has 2 unspecified atom stereocenters. The van der Waals surface area contributed by atoms with Crippen LogP contribution in [0.1, 0.15) is 52.9 Å². The van der Waals surface area contributed by atoms with Crippen molar-refractivity contribution in [1.82, 2.24) is 10.6 Å². The molecule has 5 heteroatoms. The highest BCUT2D eigenvalue weighted by molar-refractivity contribution is 5.74. The highest BCUT2D eigenvalue weighted by Gasteiger charge is 2.23. The highest BCUT2D eigenvalue weighted by Crippen LogP contribution is 2.30. The molecular formula is C16H30N2O3. The minimum absolute atomic E-state index is 0.00125. The molecule has 0 aromatic carbocycles. The Morgan fingerprint density at radius 3 is 2.48 bits per heavy atom. The molecule has 21 heavy (non-hydrogen) atoms. The largest absolute Gasteiger partial charge is 0.481 e. The van der Waals surface area contributed by atoms with Crippen molar-refractivity contribution in [3.63, 3.8) is 0 Å². The molecule has 1 aliphatic rings. The molecule has 0 aromatic rings. The Hall–Kier alpha value is -1.26. The molecule has 2 amide bonds. The second-order valence-electron chi connectivity index (χ2n) is 6.85. The number of carbonyl (C=O) groups is 2. The van der Waals surface area contributed by atoms with Gasteiger partial charge >= 0.3 is 12.0 Å². The Labute approximate surface area is 127 Å². The van der Waals surface area contributed by atoms with Gasteiger partial charge in [-0.05, 0) is 36.5 Å². The number of carbonyl (C=O) groups excluding carboxylic acids is 1. The third kappa shape index (κ3) is 7.34. The van der Waals surface area contributed by atoms with Gasteiger partial charge in [0.1, 0.15) is 0 Å². The zero-order valence-corrected chi connectivity index (χ0v) is 13.5. The third-order valence-corrected chi connectivity index (χ3v) is 4.38. The average molecular weight is 298 g/mol. The van der Waals surface area contributed by atoms with Crippen LogP contribution in [0.25, 0.3) is 0 Å². The fraction of sp³-hybridized carbons (Fsp3) is 0.875. The summed E-state index contributed by atoms with van der Waals surface area (Å²) in [5.41, 5.74) is 0. The number of amides is 2. The number of nitrogens with one attached hydrogen (secondary N) is 2. The van der Waals surface area contributed by atoms with E-state index in [4.69, 9.17) is 5.11 Å². The monoisotopic (exact) mass is 298 g/mol. The molecule has 1 saturated carbocycles. The van der Waals surface area contributed by atoms with E-state index in [2.05, 4.69) is 31.4 Å². The smallest absolute Gasteiger partial charge is 0.314 e. The van der Waals surface area contributed by atoms with Crippen molar-refractivity contribution in [2.75, 3.05) is 13.1 Å². The predicted octanol–water partition coefficient (Wildman–Crippen LogP) is 2.86. The van der Waals surface area contributed by atoms with E-state index in [1.54, 1.807) is 0 Å². The molecule has 1 aliphatic carbocycles. The summed E-state index contributed by atoms with van der Waals surface area (Å²) >= 11 is 0. The molecule has 0 saturated heterocycles. The summed E-state index contributed by atoms with van der Waals surface area (Å²) < 4.78 is 0. The molecule has 1 rings (SSSR count). The molecular weight excluding hydrogens is 268 g/mol. The summed E-state index contributed by atoms with van der Waals surface area (Å²) in [7, 11) is 0. The van der Waals surface area contributed by atoms with Gasteiger partial charge in [-0.2, -0.15) is 0 Å². The fourth-order valence-corrected chi connectivity index (χ4v) is 3.20. The summed E-state index contributed by atoms with van der Waals surface area (Å²) in [5.74, 6) is 0.895. The third-order valence-electron chi connectivity index (χ3n) is 4.38. The van der Waals surface area contributed by atoms with Crippen LogP contribution in [0.15, 0.2) is 0 Å². The van der Waals surface area contributed by atoms with Crippen molar-refractivity contribution >= 4 is 12.0 Å². The normalized spacial score (nSPS) is 23.0. The molecule has 122 valence electrons. The van der Waals surface area contributed by atoms with Crippen LogP contribution in [-0.2, 0) is 4.79 Å². The summed E-state index contributed by atoms with van der Waals surface area (Å²) in [6.45, 7) is 7.52. The van der Waals surface area contributed by atoms with Gasteiger partial charge in [0.2, 0.25) is 0 Å². The van der Waals surface area contributed by atoms with E-state index in [1.165, 1.54) is 19.3 Å². The molecule has 5 nitrogen and oxygen atoms in total. The van der Waals surface area contributed by atoms with E-state index in [-0.39, 0.29) is 18.4 Å². The van der Waals surface area contributed by atoms with Crippen LogP contribution < -0.4 is 10.6 Å². The van der Waals surface area contributed by atoms with Crippen molar-refractivity contribution in [3.8, 4) is 0 Å². The zero-order valence-electron chi connectivity index (χ0n) is 13.5. The Bertz CT molecular complexity index is 344. The Morgan fingerprint density at radius 1 is 1.24 bits per heavy atom. The maximum Gasteiger partial charge on any atom is 0.314 e. The summed E-state index contributed by atoms with van der Waals surface area (Å²) in [5, 5.41) is 14.6. The van der Waals surface area contributed by atoms with Crippen molar-refractivity contribution < 1.29 is 14.7 Å². The molecule has 0 heterocycles. The molecule has 0 aliphatic heterocycles. The minimum atomic E-state index is -0.803. The van der Waals surface area contributed by atoms with E-state index in [0.29, 0.717) is 24.3 Å². The summed E-state index contributed by atoms with van der Waals surface area (Å²) in [6, 6.07) is -0.173. The minimum Gasteiger partial charge on any atom is -0.481 e. The van der Waals surface area contributed by atoms with E-state index in [1.807, 2.05) is 0 Å². The molecule has 0 spiro atoms. The molecule has 1 fully saturated rings. The van der Waals surface area contributed by atoms with Crippen LogP contribution in [0.3, 0.4) is 0 Å². The second kappa shape index (κ2) is 8.90. The SMILES string of the molecule is CC(C)C[C@H](CNC(=O)NCC1CCCC1C)CC(=O)O. The van der Waals surface area contributed by atoms with Gasteiger partial charge in [-0.25, -0.2) is 4.79 Å². The Balaban J connectivity index is 2.26. The first-order valence-corrected chi connectivity index (χ1v) is 8.12. The average Bonchev–Trinajstić information content (AvgIpc) is 2.77. The van der Waals surface area contributed by atoms with Gasteiger partial charge in [-0.15, -0.1) is 0 Å². The van der Waals surface area contributed by atoms with Crippen LogP contribution in [-0.4, -0.2) is 30.2 Å². The lowest BCUT2D eigenvalue weighted by Crippen LogP contribution is -2.41. The standard InChI is InChI=1S/C16H30N2O3/c1-11(2)7-13(8-15(19)20)9-17-16(21)18-10-14-6-4-5-12(14)3/h11-14H,4-10H2,1-3H3,(H,19,20)(H2,17,18,21)/t12?,13-,14?/m0/s1. The fourth-order valence-electron chi connectivity index (χ4n) is 3.20. The number of urea groups is 1. The highest BCUT2D eigenvalue weighted by atomic mass is 16.4. The van der Waals surface area contributed by atoms with E-state index < -0.39 is 5.97 Å². The first kappa shape index (κ1) is 17.8. The lowest BCUT2D eigenvalue weighted by atomic mass is 9.94. The van der Waals surface area contributed by atoms with Gasteiger partial charge in [0.15, 0.2) is 0 Å². The van der Waals surface area contributed by atoms with Crippen molar-refractivity contribution in [2.24, 2.45) is 23.7 Å². The summed E-state index contributed by atoms with van der Waals surface area (Å²) in [6.07, 6.45) is 4.62. The van der Waals surface area contributed by atoms with Crippen LogP contribution in [0.5, 0.6) is 0 Å². The van der Waals surface area contributed by atoms with E-state index >= 15 is 0 Å². The van der Waals surface area contributed by atoms with E-state index in [9.17, 15) is 9.59 Å². The molecule has 0 radical (unpaired) electrons. The maximum absolute atomic E-state index is 11.8. The lowest BCUT2D eigenvalue weighted by Gasteiger charge is -2.19. The Kier molecular flexibility index (Phi) is 7.54. The predicted molar refractivity (Wildman–Crippen MR) is 83.1 cm³/mol. The lowest BCUT2D eigenvalue weighted by molar-refractivity contribution is -0.138.